The van der Waals surface area contributed by atoms with Crippen LogP contribution in [0.1, 0.15) is 42.2 Å². The number of benzene rings is 2. The lowest BCUT2D eigenvalue weighted by Gasteiger charge is -2.18. The second kappa shape index (κ2) is 8.81. The molecule has 180 valence electrons. The number of sulfonamides is 1. The van der Waals surface area contributed by atoms with Crippen molar-refractivity contribution in [2.75, 3.05) is 21.9 Å². The van der Waals surface area contributed by atoms with E-state index in [2.05, 4.69) is 10.4 Å². The third-order valence-corrected chi connectivity index (χ3v) is 8.08. The van der Waals surface area contributed by atoms with E-state index in [9.17, 15) is 13.2 Å². The van der Waals surface area contributed by atoms with Crippen LogP contribution in [0.3, 0.4) is 0 Å². The lowest BCUT2D eigenvalue weighted by Crippen LogP contribution is -2.25. The van der Waals surface area contributed by atoms with Gasteiger partial charge in [-0.15, -0.1) is 0 Å². The molecule has 1 fully saturated rings. The average molecular weight is 490 g/mol. The zero-order chi connectivity index (χ0) is 24.7. The van der Waals surface area contributed by atoms with Crippen molar-refractivity contribution in [2.45, 2.75) is 33.2 Å². The van der Waals surface area contributed by atoms with Gasteiger partial charge >= 0.3 is 0 Å². The molecule has 2 aromatic carbocycles. The number of fused-ring (bicyclic) bond motifs is 1. The highest BCUT2D eigenvalue weighted by molar-refractivity contribution is 7.93. The first-order chi connectivity index (χ1) is 16.7. The predicted molar refractivity (Wildman–Crippen MR) is 138 cm³/mol. The largest absolute Gasteiger partial charge is 0.322 e. The molecule has 3 heterocycles. The predicted octanol–water partition coefficient (Wildman–Crippen LogP) is 4.78. The van der Waals surface area contributed by atoms with Crippen molar-refractivity contribution in [1.82, 2.24) is 14.8 Å². The van der Waals surface area contributed by atoms with Gasteiger partial charge in [0, 0.05) is 23.8 Å². The van der Waals surface area contributed by atoms with Gasteiger partial charge in [0.05, 0.1) is 34.3 Å². The van der Waals surface area contributed by atoms with Crippen LogP contribution in [0.5, 0.6) is 0 Å². The van der Waals surface area contributed by atoms with Crippen molar-refractivity contribution >= 4 is 38.3 Å². The Labute approximate surface area is 204 Å². The van der Waals surface area contributed by atoms with Crippen LogP contribution in [-0.4, -0.2) is 41.4 Å². The van der Waals surface area contributed by atoms with E-state index in [-0.39, 0.29) is 17.7 Å². The lowest BCUT2D eigenvalue weighted by molar-refractivity contribution is 0.102. The molecule has 1 amide bonds. The van der Waals surface area contributed by atoms with Crippen molar-refractivity contribution in [2.24, 2.45) is 0 Å². The summed E-state index contributed by atoms with van der Waals surface area (Å²) in [4.78, 5) is 18.4. The molecule has 8 nitrogen and oxygen atoms in total. The molecule has 1 aliphatic rings. The zero-order valence-corrected chi connectivity index (χ0v) is 20.7. The normalized spacial score (nSPS) is 15.1. The molecule has 5 rings (SSSR count). The number of hydrogen-bond donors (Lipinski definition) is 1. The summed E-state index contributed by atoms with van der Waals surface area (Å²) in [6.07, 6.45) is 2.27. The van der Waals surface area contributed by atoms with Gasteiger partial charge in [0.2, 0.25) is 10.0 Å². The van der Waals surface area contributed by atoms with Crippen molar-refractivity contribution in [3.63, 3.8) is 0 Å². The summed E-state index contributed by atoms with van der Waals surface area (Å²) in [7, 11) is -3.31. The number of nitrogens with zero attached hydrogens (tertiary/aromatic N) is 4. The highest BCUT2D eigenvalue weighted by Gasteiger charge is 2.28. The summed E-state index contributed by atoms with van der Waals surface area (Å²) < 4.78 is 27.9. The first-order valence-corrected chi connectivity index (χ1v) is 13.2. The molecule has 0 unspecified atom stereocenters. The smallest absolute Gasteiger partial charge is 0.256 e. The first kappa shape index (κ1) is 23.0. The number of carbonyl (C=O) groups excluding carboxylic acids is 1. The molecular weight excluding hydrogens is 462 g/mol. The molecule has 1 N–H and O–H groups in total. The van der Waals surface area contributed by atoms with Gasteiger partial charge in [-0.05, 0) is 57.0 Å². The number of nitrogens with one attached hydrogen (secondary N) is 1. The summed E-state index contributed by atoms with van der Waals surface area (Å²) in [5, 5.41) is 8.09. The van der Waals surface area contributed by atoms with Crippen LogP contribution < -0.4 is 9.62 Å². The fraction of sp³-hybridized carbons (Fsp3) is 0.269. The van der Waals surface area contributed by atoms with E-state index in [4.69, 9.17) is 4.98 Å². The number of aromatic nitrogens is 3. The van der Waals surface area contributed by atoms with Crippen LogP contribution in [0.2, 0.25) is 0 Å². The molecule has 35 heavy (non-hydrogen) atoms. The van der Waals surface area contributed by atoms with E-state index in [0.29, 0.717) is 46.6 Å². The molecule has 0 atom stereocenters. The van der Waals surface area contributed by atoms with E-state index >= 15 is 0 Å². The molecule has 0 aliphatic carbocycles. The molecule has 0 bridgehead atoms. The summed E-state index contributed by atoms with van der Waals surface area (Å²) in [5.41, 5.74) is 4.87. The standard InChI is InChI=1S/C26H27N5O3S/c1-17(2)31-25-23(16-27-31)22(15-24(29-25)21-11-5-4-8-18(21)3)26(32)28-19-9-6-10-20(14-19)30-12-7-13-35(30,33)34/h4-6,8-11,14-17H,7,12-13H2,1-3H3,(H,28,32). The van der Waals surface area contributed by atoms with Crippen molar-refractivity contribution in [3.8, 4) is 11.3 Å². The maximum absolute atomic E-state index is 13.5. The molecule has 9 heteroatoms. The highest BCUT2D eigenvalue weighted by Crippen LogP contribution is 2.30. The zero-order valence-electron chi connectivity index (χ0n) is 19.9. The lowest BCUT2D eigenvalue weighted by atomic mass is 10.0. The Balaban J connectivity index is 1.56. The number of rotatable bonds is 5. The maximum Gasteiger partial charge on any atom is 0.256 e. The van der Waals surface area contributed by atoms with Gasteiger partial charge in [-0.25, -0.2) is 18.1 Å². The number of pyridine rings is 1. The van der Waals surface area contributed by atoms with Crippen LogP contribution in [0.15, 0.2) is 60.8 Å². The third-order valence-electron chi connectivity index (χ3n) is 6.21. The van der Waals surface area contributed by atoms with Gasteiger partial charge in [-0.3, -0.25) is 9.10 Å². The van der Waals surface area contributed by atoms with Gasteiger partial charge in [-0.2, -0.15) is 5.10 Å². The Kier molecular flexibility index (Phi) is 5.80. The molecule has 2 aromatic heterocycles. The van der Waals surface area contributed by atoms with Crippen LogP contribution in [0, 0.1) is 6.92 Å². The Bertz CT molecular complexity index is 1540. The van der Waals surface area contributed by atoms with Gasteiger partial charge in [0.25, 0.3) is 5.91 Å². The van der Waals surface area contributed by atoms with Gasteiger partial charge in [0.1, 0.15) is 0 Å². The third kappa shape index (κ3) is 4.27. The topological polar surface area (TPSA) is 97.2 Å². The second-order valence-electron chi connectivity index (χ2n) is 9.04. The minimum atomic E-state index is -3.31. The van der Waals surface area contributed by atoms with Crippen LogP contribution in [0.25, 0.3) is 22.3 Å². The Morgan fingerprint density at radius 1 is 1.09 bits per heavy atom. The Morgan fingerprint density at radius 2 is 1.89 bits per heavy atom. The minimum absolute atomic E-state index is 0.0714. The fourth-order valence-electron chi connectivity index (χ4n) is 4.45. The highest BCUT2D eigenvalue weighted by atomic mass is 32.2. The second-order valence-corrected chi connectivity index (χ2v) is 11.0. The van der Waals surface area contributed by atoms with Crippen molar-refractivity contribution in [3.05, 3.63) is 71.9 Å². The van der Waals surface area contributed by atoms with Gasteiger partial charge < -0.3 is 5.32 Å². The summed E-state index contributed by atoms with van der Waals surface area (Å²) in [6, 6.07) is 16.7. The van der Waals surface area contributed by atoms with Crippen LogP contribution >= 0.6 is 0 Å². The monoisotopic (exact) mass is 489 g/mol. The summed E-state index contributed by atoms with van der Waals surface area (Å²) in [5.74, 6) is -0.169. The fourth-order valence-corrected chi connectivity index (χ4v) is 6.01. The van der Waals surface area contributed by atoms with Crippen LogP contribution in [0.4, 0.5) is 11.4 Å². The van der Waals surface area contributed by atoms with Gasteiger partial charge in [0.15, 0.2) is 5.65 Å². The van der Waals surface area contributed by atoms with Crippen molar-refractivity contribution < 1.29 is 13.2 Å². The van der Waals surface area contributed by atoms with E-state index in [1.165, 1.54) is 4.31 Å². The minimum Gasteiger partial charge on any atom is -0.322 e. The summed E-state index contributed by atoms with van der Waals surface area (Å²) >= 11 is 0. The number of hydrogen-bond acceptors (Lipinski definition) is 5. The van der Waals surface area contributed by atoms with E-state index in [1.54, 1.807) is 36.5 Å². The number of anilines is 2. The summed E-state index contributed by atoms with van der Waals surface area (Å²) in [6.45, 7) is 6.50. The van der Waals surface area contributed by atoms with Crippen molar-refractivity contribution in [1.29, 1.82) is 0 Å². The van der Waals surface area contributed by atoms with E-state index < -0.39 is 10.0 Å². The molecular formula is C26H27N5O3S. The average Bonchev–Trinajstić information content (AvgIpc) is 3.41. The van der Waals surface area contributed by atoms with Crippen LogP contribution in [-0.2, 0) is 10.0 Å². The molecule has 0 saturated carbocycles. The molecule has 0 spiro atoms. The Hall–Kier alpha value is -3.72. The van der Waals surface area contributed by atoms with E-state index in [1.807, 2.05) is 49.7 Å². The first-order valence-electron chi connectivity index (χ1n) is 11.6. The number of aryl methyl sites for hydroxylation is 1. The molecule has 1 aliphatic heterocycles. The number of carbonyl (C=O) groups is 1. The number of amides is 1. The maximum atomic E-state index is 13.5. The molecule has 1 saturated heterocycles. The molecule has 0 radical (unpaired) electrons. The SMILES string of the molecule is Cc1ccccc1-c1cc(C(=O)Nc2cccc(N3CCCS3(=O)=O)c2)c2cnn(C(C)C)c2n1. The Morgan fingerprint density at radius 3 is 2.60 bits per heavy atom. The quantitative estimate of drug-likeness (QED) is 0.435. The van der Waals surface area contributed by atoms with Gasteiger partial charge in [-0.1, -0.05) is 30.3 Å². The molecule has 4 aromatic rings. The van der Waals surface area contributed by atoms with E-state index in [0.717, 1.165) is 11.1 Å².